The van der Waals surface area contributed by atoms with Crippen LogP contribution in [0.25, 0.3) is 0 Å². The minimum atomic E-state index is -0.00304. The van der Waals surface area contributed by atoms with Gasteiger partial charge in [-0.05, 0) is 36.4 Å². The first kappa shape index (κ1) is 27.4. The number of amides is 1. The van der Waals surface area contributed by atoms with Gasteiger partial charge >= 0.3 is 0 Å². The van der Waals surface area contributed by atoms with Gasteiger partial charge < -0.3 is 15.1 Å². The molecule has 0 bridgehead atoms. The average Bonchev–Trinajstić information content (AvgIpc) is 2.82. The number of unbranched alkanes of at least 4 members (excludes halogenated alkanes) is 12. The zero-order valence-electron chi connectivity index (χ0n) is 20.3. The van der Waals surface area contributed by atoms with Crippen molar-refractivity contribution in [3.8, 4) is 0 Å². The van der Waals surface area contributed by atoms with Gasteiger partial charge in [0.25, 0.3) is 5.91 Å². The Morgan fingerprint density at radius 1 is 0.844 bits per heavy atom. The maximum absolute atomic E-state index is 12.3. The molecule has 2 heterocycles. The molecule has 1 aliphatic rings. The van der Waals surface area contributed by atoms with Crippen LogP contribution in [-0.4, -0.2) is 60.0 Å². The molecule has 0 spiro atoms. The smallest absolute Gasteiger partial charge is 0.252 e. The van der Waals surface area contributed by atoms with Crippen LogP contribution >= 0.6 is 22.6 Å². The summed E-state index contributed by atoms with van der Waals surface area (Å²) >= 11 is 2.47. The van der Waals surface area contributed by atoms with Gasteiger partial charge in [0.1, 0.15) is 5.82 Å². The van der Waals surface area contributed by atoms with Crippen LogP contribution in [0, 0.1) is 0 Å². The molecule has 0 aliphatic carbocycles. The van der Waals surface area contributed by atoms with Crippen molar-refractivity contribution in [2.24, 2.45) is 0 Å². The van der Waals surface area contributed by atoms with E-state index in [0.717, 1.165) is 45.0 Å². The summed E-state index contributed by atoms with van der Waals surface area (Å²) in [6.07, 6.45) is 19.3. The molecule has 32 heavy (non-hydrogen) atoms. The molecule has 0 aromatic carbocycles. The molecule has 1 aliphatic heterocycles. The Balaban J connectivity index is 1.42. The van der Waals surface area contributed by atoms with E-state index in [4.69, 9.17) is 0 Å². The Morgan fingerprint density at radius 3 is 1.88 bits per heavy atom. The summed E-state index contributed by atoms with van der Waals surface area (Å²) in [5.41, 5.74) is 0.660. The van der Waals surface area contributed by atoms with Crippen molar-refractivity contribution in [3.63, 3.8) is 0 Å². The van der Waals surface area contributed by atoms with Crippen molar-refractivity contribution in [2.45, 2.75) is 83.5 Å². The van der Waals surface area contributed by atoms with Crippen LogP contribution in [-0.2, 0) is 0 Å². The molecule has 182 valence electrons. The summed E-state index contributed by atoms with van der Waals surface area (Å²) in [6, 6.07) is 3.88. The second kappa shape index (κ2) is 17.6. The van der Waals surface area contributed by atoms with Crippen molar-refractivity contribution in [2.75, 3.05) is 49.1 Å². The maximum atomic E-state index is 12.3. The number of likely N-dealkylation sites (N-methyl/N-ethyl adjacent to an activating group) is 1. The molecule has 5 nitrogen and oxygen atoms in total. The molecule has 1 aromatic heterocycles. The van der Waals surface area contributed by atoms with Crippen LogP contribution in [0.2, 0.25) is 0 Å². The Labute approximate surface area is 210 Å². The van der Waals surface area contributed by atoms with Crippen LogP contribution in [0.4, 0.5) is 5.82 Å². The van der Waals surface area contributed by atoms with E-state index in [1.165, 1.54) is 81.5 Å². The van der Waals surface area contributed by atoms with Crippen LogP contribution in [0.5, 0.6) is 0 Å². The summed E-state index contributed by atoms with van der Waals surface area (Å²) in [4.78, 5) is 21.5. The third kappa shape index (κ3) is 11.8. The monoisotopic (exact) mass is 556 g/mol. The number of pyridine rings is 1. The summed E-state index contributed by atoms with van der Waals surface area (Å²) in [6.45, 7) is 4.87. The van der Waals surface area contributed by atoms with E-state index < -0.39 is 0 Å². The van der Waals surface area contributed by atoms with Gasteiger partial charge in [0, 0.05) is 38.9 Å². The average molecular weight is 557 g/mol. The first-order valence-corrected chi connectivity index (χ1v) is 14.5. The van der Waals surface area contributed by atoms with Crippen LogP contribution in [0.15, 0.2) is 18.3 Å². The summed E-state index contributed by atoms with van der Waals surface area (Å²) < 4.78 is 1.31. The summed E-state index contributed by atoms with van der Waals surface area (Å²) in [5, 5.41) is 3.05. The molecule has 1 saturated heterocycles. The molecule has 6 heteroatoms. The molecule has 0 saturated carbocycles. The minimum absolute atomic E-state index is 0.00304. The fourth-order valence-corrected chi connectivity index (χ4v) is 4.75. The van der Waals surface area contributed by atoms with Crippen molar-refractivity contribution in [3.05, 3.63) is 23.9 Å². The van der Waals surface area contributed by atoms with Gasteiger partial charge in [-0.25, -0.2) is 4.98 Å². The number of alkyl halides is 1. The number of rotatable bonds is 17. The number of carbonyl (C=O) groups excluding carboxylic acids is 1. The van der Waals surface area contributed by atoms with E-state index in [-0.39, 0.29) is 5.91 Å². The van der Waals surface area contributed by atoms with Crippen LogP contribution in [0.1, 0.15) is 93.8 Å². The lowest BCUT2D eigenvalue weighted by molar-refractivity contribution is 0.0952. The van der Waals surface area contributed by atoms with Gasteiger partial charge in [-0.15, -0.1) is 0 Å². The number of halogens is 1. The van der Waals surface area contributed by atoms with Crippen molar-refractivity contribution in [1.82, 2.24) is 15.2 Å². The number of hydrogen-bond donors (Lipinski definition) is 1. The van der Waals surface area contributed by atoms with Crippen molar-refractivity contribution in [1.29, 1.82) is 0 Å². The van der Waals surface area contributed by atoms with E-state index in [1.54, 1.807) is 6.20 Å². The predicted molar refractivity (Wildman–Crippen MR) is 145 cm³/mol. The number of aromatic nitrogens is 1. The lowest BCUT2D eigenvalue weighted by Gasteiger charge is -2.33. The molecular weight excluding hydrogens is 511 g/mol. The fraction of sp³-hybridized carbons (Fsp3) is 0.769. The van der Waals surface area contributed by atoms with E-state index in [9.17, 15) is 4.79 Å². The number of anilines is 1. The number of carbonyl (C=O) groups is 1. The molecule has 1 amide bonds. The van der Waals surface area contributed by atoms with E-state index in [2.05, 4.69) is 49.7 Å². The Hall–Kier alpha value is -0.890. The standard InChI is InChI=1S/C26H45IN4O/c1-30-19-21-31(22-20-30)25-16-15-24(23-29-25)26(32)28-18-14-12-10-8-6-4-2-3-5-7-9-11-13-17-27/h15-16,23H,2-14,17-22H2,1H3,(H,28,32). The largest absolute Gasteiger partial charge is 0.354 e. The number of hydrogen-bond acceptors (Lipinski definition) is 4. The minimum Gasteiger partial charge on any atom is -0.354 e. The maximum Gasteiger partial charge on any atom is 0.252 e. The molecule has 1 N–H and O–H groups in total. The summed E-state index contributed by atoms with van der Waals surface area (Å²) in [7, 11) is 2.15. The highest BCUT2D eigenvalue weighted by Gasteiger charge is 2.15. The van der Waals surface area contributed by atoms with Gasteiger partial charge in [0.2, 0.25) is 0 Å². The van der Waals surface area contributed by atoms with Gasteiger partial charge in [-0.3, -0.25) is 4.79 Å². The molecule has 0 unspecified atom stereocenters. The van der Waals surface area contributed by atoms with E-state index in [1.807, 2.05) is 12.1 Å². The highest BCUT2D eigenvalue weighted by atomic mass is 127. The Bertz CT molecular complexity index is 602. The topological polar surface area (TPSA) is 48.5 Å². The molecular formula is C26H45IN4O. The summed E-state index contributed by atoms with van der Waals surface area (Å²) in [5.74, 6) is 0.970. The quantitative estimate of drug-likeness (QED) is 0.144. The van der Waals surface area contributed by atoms with Crippen LogP contribution < -0.4 is 10.2 Å². The zero-order valence-corrected chi connectivity index (χ0v) is 22.5. The number of nitrogens with zero attached hydrogens (tertiary/aromatic N) is 3. The highest BCUT2D eigenvalue weighted by molar-refractivity contribution is 14.1. The predicted octanol–water partition coefficient (Wildman–Crippen LogP) is 6.07. The lowest BCUT2D eigenvalue weighted by atomic mass is 10.0. The molecule has 1 aromatic rings. The molecule has 0 atom stereocenters. The number of nitrogens with one attached hydrogen (secondary N) is 1. The Morgan fingerprint density at radius 2 is 1.38 bits per heavy atom. The molecule has 0 radical (unpaired) electrons. The Kier molecular flexibility index (Phi) is 15.0. The number of piperazine rings is 1. The second-order valence-electron chi connectivity index (χ2n) is 9.24. The van der Waals surface area contributed by atoms with E-state index in [0.29, 0.717) is 5.56 Å². The van der Waals surface area contributed by atoms with E-state index >= 15 is 0 Å². The fourth-order valence-electron chi connectivity index (χ4n) is 4.21. The van der Waals surface area contributed by atoms with Gasteiger partial charge in [-0.1, -0.05) is 93.2 Å². The third-order valence-electron chi connectivity index (χ3n) is 6.43. The molecule has 1 fully saturated rings. The normalized spacial score (nSPS) is 14.6. The third-order valence-corrected chi connectivity index (χ3v) is 7.20. The second-order valence-corrected chi connectivity index (χ2v) is 10.3. The van der Waals surface area contributed by atoms with Gasteiger partial charge in [0.05, 0.1) is 5.56 Å². The first-order valence-electron chi connectivity index (χ1n) is 12.9. The zero-order chi connectivity index (χ0) is 22.9. The van der Waals surface area contributed by atoms with Crippen molar-refractivity contribution < 1.29 is 4.79 Å². The van der Waals surface area contributed by atoms with Gasteiger partial charge in [0.15, 0.2) is 0 Å². The van der Waals surface area contributed by atoms with Gasteiger partial charge in [-0.2, -0.15) is 0 Å². The lowest BCUT2D eigenvalue weighted by Crippen LogP contribution is -2.44. The first-order chi connectivity index (χ1) is 15.7. The SMILES string of the molecule is CN1CCN(c2ccc(C(=O)NCCCCCCCCCCCCCCCI)cn2)CC1. The van der Waals surface area contributed by atoms with Crippen molar-refractivity contribution >= 4 is 34.3 Å². The molecule has 2 rings (SSSR count). The van der Waals surface area contributed by atoms with Crippen LogP contribution in [0.3, 0.4) is 0 Å². The highest BCUT2D eigenvalue weighted by Crippen LogP contribution is 2.14.